The number of nitrogens with zero attached hydrogens (tertiary/aromatic N) is 4. The van der Waals surface area contributed by atoms with E-state index in [2.05, 4.69) is 44.3 Å². The molecule has 0 bridgehead atoms. The molecule has 0 fully saturated rings. The number of carbonyl (C=O) groups excluding carboxylic acids is 1. The maximum absolute atomic E-state index is 13.8. The van der Waals surface area contributed by atoms with Crippen LogP contribution < -0.4 is 5.32 Å². The van der Waals surface area contributed by atoms with Gasteiger partial charge in [-0.2, -0.15) is 5.10 Å². The number of aromatic nitrogens is 4. The Labute approximate surface area is 231 Å². The summed E-state index contributed by atoms with van der Waals surface area (Å²) >= 11 is 1.42. The zero-order valence-electron chi connectivity index (χ0n) is 22.2. The molecule has 0 aliphatic carbocycles. The molecule has 1 N–H and O–H groups in total. The average molecular weight is 530 g/mol. The van der Waals surface area contributed by atoms with Crippen LogP contribution in [0.1, 0.15) is 32.7 Å². The van der Waals surface area contributed by atoms with Crippen molar-refractivity contribution in [2.75, 3.05) is 5.32 Å². The predicted octanol–water partition coefficient (Wildman–Crippen LogP) is 7.70. The van der Waals surface area contributed by atoms with Crippen molar-refractivity contribution < 1.29 is 4.79 Å². The molecule has 0 radical (unpaired) electrons. The number of rotatable bonds is 5. The summed E-state index contributed by atoms with van der Waals surface area (Å²) in [5.74, 6) is -0.243. The molecule has 0 saturated carbocycles. The van der Waals surface area contributed by atoms with Gasteiger partial charge in [-0.05, 0) is 57.5 Å². The molecule has 3 aromatic carbocycles. The topological polar surface area (TPSA) is 72.7 Å². The molecule has 0 spiro atoms. The molecule has 0 unspecified atom stereocenters. The highest BCUT2D eigenvalue weighted by Crippen LogP contribution is 2.31. The fourth-order valence-corrected chi connectivity index (χ4v) is 5.43. The summed E-state index contributed by atoms with van der Waals surface area (Å²) < 4.78 is 1.81. The maximum atomic E-state index is 13.8. The fraction of sp³-hybridized carbons (Fsp3) is 0.125. The second kappa shape index (κ2) is 9.93. The van der Waals surface area contributed by atoms with Crippen molar-refractivity contribution in [3.63, 3.8) is 0 Å². The molecule has 7 heteroatoms. The molecular formula is C32H27N5OS. The van der Waals surface area contributed by atoms with Crippen LogP contribution in [0, 0.1) is 27.7 Å². The molecule has 0 saturated heterocycles. The average Bonchev–Trinajstić information content (AvgIpc) is 3.54. The minimum atomic E-state index is -0.243. The van der Waals surface area contributed by atoms with E-state index in [0.29, 0.717) is 22.0 Å². The van der Waals surface area contributed by atoms with E-state index in [1.807, 2.05) is 77.6 Å². The molecule has 6 rings (SSSR count). The Balaban J connectivity index is 1.45. The van der Waals surface area contributed by atoms with E-state index in [-0.39, 0.29) is 5.91 Å². The van der Waals surface area contributed by atoms with E-state index in [9.17, 15) is 4.79 Å². The van der Waals surface area contributed by atoms with Crippen molar-refractivity contribution in [1.29, 1.82) is 0 Å². The Morgan fingerprint density at radius 1 is 0.821 bits per heavy atom. The van der Waals surface area contributed by atoms with Crippen LogP contribution in [0.25, 0.3) is 39.2 Å². The summed E-state index contributed by atoms with van der Waals surface area (Å²) in [5, 5.41) is 11.1. The molecule has 6 aromatic rings. The Bertz CT molecular complexity index is 1830. The second-order valence-electron chi connectivity index (χ2n) is 9.76. The van der Waals surface area contributed by atoms with Gasteiger partial charge in [-0.3, -0.25) is 10.1 Å². The summed E-state index contributed by atoms with van der Waals surface area (Å²) in [4.78, 5) is 23.5. The lowest BCUT2D eigenvalue weighted by atomic mass is 10.0. The minimum absolute atomic E-state index is 0.243. The highest BCUT2D eigenvalue weighted by Gasteiger charge is 2.22. The number of anilines is 1. The first-order chi connectivity index (χ1) is 18.9. The number of carbonyl (C=O) groups is 1. The number of thiazole rings is 1. The normalized spacial score (nSPS) is 11.2. The monoisotopic (exact) mass is 529 g/mol. The van der Waals surface area contributed by atoms with Gasteiger partial charge in [-0.15, -0.1) is 11.3 Å². The minimum Gasteiger partial charge on any atom is -0.298 e. The van der Waals surface area contributed by atoms with E-state index in [1.165, 1.54) is 16.9 Å². The molecule has 1 amide bonds. The summed E-state index contributed by atoms with van der Waals surface area (Å²) in [6.07, 6.45) is 0. The van der Waals surface area contributed by atoms with E-state index in [4.69, 9.17) is 15.1 Å². The van der Waals surface area contributed by atoms with Crippen molar-refractivity contribution in [2.24, 2.45) is 0 Å². The molecule has 3 aromatic heterocycles. The van der Waals surface area contributed by atoms with Crippen LogP contribution in [-0.2, 0) is 0 Å². The maximum Gasteiger partial charge on any atom is 0.258 e. The Morgan fingerprint density at radius 3 is 2.33 bits per heavy atom. The highest BCUT2D eigenvalue weighted by atomic mass is 32.1. The summed E-state index contributed by atoms with van der Waals surface area (Å²) in [6, 6.07) is 26.2. The number of amides is 1. The van der Waals surface area contributed by atoms with Gasteiger partial charge in [0.2, 0.25) is 0 Å². The lowest BCUT2D eigenvalue weighted by Gasteiger charge is -2.09. The van der Waals surface area contributed by atoms with Gasteiger partial charge in [0.25, 0.3) is 5.91 Å². The molecule has 0 aliphatic rings. The van der Waals surface area contributed by atoms with Crippen LogP contribution in [0.5, 0.6) is 0 Å². The van der Waals surface area contributed by atoms with Crippen LogP contribution in [0.15, 0.2) is 84.2 Å². The van der Waals surface area contributed by atoms with Gasteiger partial charge in [0.05, 0.1) is 33.7 Å². The first-order valence-corrected chi connectivity index (χ1v) is 13.6. The van der Waals surface area contributed by atoms with Crippen LogP contribution in [0.3, 0.4) is 0 Å². The number of nitrogens with one attached hydrogen (secondary N) is 1. The van der Waals surface area contributed by atoms with Crippen LogP contribution >= 0.6 is 11.3 Å². The highest BCUT2D eigenvalue weighted by molar-refractivity contribution is 7.14. The largest absolute Gasteiger partial charge is 0.298 e. The standard InChI is InChI=1S/C32H27N5OS/c1-19-11-14-24(15-12-19)37-30-29(22(4)36-37)26(17-27(33-30)23-8-6-5-7-9-23)31(38)35-32-34-28(18-39-32)25-16-20(2)10-13-21(25)3/h5-18H,1-4H3,(H,34,35,38). The van der Waals surface area contributed by atoms with Crippen molar-refractivity contribution in [3.05, 3.63) is 112 Å². The molecule has 39 heavy (non-hydrogen) atoms. The Morgan fingerprint density at radius 2 is 1.56 bits per heavy atom. The van der Waals surface area contributed by atoms with Crippen LogP contribution in [0.4, 0.5) is 5.13 Å². The zero-order valence-corrected chi connectivity index (χ0v) is 23.0. The molecule has 6 nitrogen and oxygen atoms in total. The van der Waals surface area contributed by atoms with Crippen molar-refractivity contribution >= 4 is 33.4 Å². The first kappa shape index (κ1) is 24.7. The summed E-state index contributed by atoms with van der Waals surface area (Å²) in [6.45, 7) is 8.10. The van der Waals surface area contributed by atoms with E-state index in [1.54, 1.807) is 0 Å². The molecular weight excluding hydrogens is 502 g/mol. The van der Waals surface area contributed by atoms with Crippen molar-refractivity contribution in [2.45, 2.75) is 27.7 Å². The van der Waals surface area contributed by atoms with Crippen molar-refractivity contribution in [3.8, 4) is 28.2 Å². The third-order valence-corrected chi connectivity index (χ3v) is 7.56. The number of hydrogen-bond donors (Lipinski definition) is 1. The van der Waals surface area contributed by atoms with E-state index in [0.717, 1.165) is 44.7 Å². The van der Waals surface area contributed by atoms with E-state index >= 15 is 0 Å². The van der Waals surface area contributed by atoms with E-state index < -0.39 is 0 Å². The third kappa shape index (κ3) is 4.73. The lowest BCUT2D eigenvalue weighted by Crippen LogP contribution is -2.13. The third-order valence-electron chi connectivity index (χ3n) is 6.80. The molecule has 3 heterocycles. The first-order valence-electron chi connectivity index (χ1n) is 12.7. The number of pyridine rings is 1. The number of benzene rings is 3. The smallest absolute Gasteiger partial charge is 0.258 e. The molecule has 192 valence electrons. The fourth-order valence-electron chi connectivity index (χ4n) is 4.72. The Hall–Kier alpha value is -4.62. The Kier molecular flexibility index (Phi) is 6.29. The van der Waals surface area contributed by atoms with Gasteiger partial charge in [0, 0.05) is 16.5 Å². The van der Waals surface area contributed by atoms with Crippen LogP contribution in [0.2, 0.25) is 0 Å². The van der Waals surface area contributed by atoms with Gasteiger partial charge in [-0.1, -0.05) is 65.7 Å². The lowest BCUT2D eigenvalue weighted by molar-refractivity contribution is 0.102. The molecule has 0 aliphatic heterocycles. The van der Waals surface area contributed by atoms with Crippen molar-refractivity contribution in [1.82, 2.24) is 19.7 Å². The second-order valence-corrected chi connectivity index (χ2v) is 10.6. The van der Waals surface area contributed by atoms with Crippen LogP contribution in [-0.4, -0.2) is 25.7 Å². The SMILES string of the molecule is Cc1ccc(-n2nc(C)c3c(C(=O)Nc4nc(-c5cc(C)ccc5C)cs4)cc(-c4ccccc4)nc32)cc1. The summed E-state index contributed by atoms with van der Waals surface area (Å²) in [5.41, 5.74) is 9.80. The summed E-state index contributed by atoms with van der Waals surface area (Å²) in [7, 11) is 0. The number of hydrogen-bond acceptors (Lipinski definition) is 5. The quantitative estimate of drug-likeness (QED) is 0.248. The van der Waals surface area contributed by atoms with Gasteiger partial charge in [0.15, 0.2) is 10.8 Å². The van der Waals surface area contributed by atoms with Gasteiger partial charge in [-0.25, -0.2) is 14.6 Å². The van der Waals surface area contributed by atoms with Gasteiger partial charge < -0.3 is 0 Å². The predicted molar refractivity (Wildman–Crippen MR) is 159 cm³/mol. The number of aryl methyl sites for hydroxylation is 4. The molecule has 0 atom stereocenters. The van der Waals surface area contributed by atoms with Gasteiger partial charge >= 0.3 is 0 Å². The number of fused-ring (bicyclic) bond motifs is 1. The zero-order chi connectivity index (χ0) is 27.1. The van der Waals surface area contributed by atoms with Gasteiger partial charge in [0.1, 0.15) is 0 Å².